The van der Waals surface area contributed by atoms with Gasteiger partial charge >= 0.3 is 0 Å². The van der Waals surface area contributed by atoms with Crippen molar-refractivity contribution >= 4 is 43.3 Å². The summed E-state index contributed by atoms with van der Waals surface area (Å²) in [5.41, 5.74) is 8.90. The molecule has 3 heterocycles. The van der Waals surface area contributed by atoms with E-state index in [1.807, 2.05) is 10.6 Å². The van der Waals surface area contributed by atoms with Crippen LogP contribution in [-0.2, 0) is 16.6 Å². The lowest BCUT2D eigenvalue weighted by atomic mass is 10.1. The van der Waals surface area contributed by atoms with E-state index in [0.717, 1.165) is 30.6 Å². The number of aryl methyl sites for hydroxylation is 1. The molecular weight excluding hydrogens is 578 g/mol. The first-order valence-corrected chi connectivity index (χ1v) is 16.1. The number of fused-ring (bicyclic) bond motifs is 1. The number of sulfonamides is 1. The number of methoxy groups -OCH3 is 1. The highest BCUT2D eigenvalue weighted by Crippen LogP contribution is 2.40. The molecule has 4 aromatic rings. The van der Waals surface area contributed by atoms with Crippen LogP contribution in [0.2, 0.25) is 0 Å². The van der Waals surface area contributed by atoms with E-state index in [9.17, 15) is 26.3 Å². The summed E-state index contributed by atoms with van der Waals surface area (Å²) >= 11 is 0. The molecule has 5 rings (SSSR count). The molecule has 0 bridgehead atoms. The van der Waals surface area contributed by atoms with Crippen molar-refractivity contribution in [2.75, 3.05) is 48.7 Å². The van der Waals surface area contributed by atoms with Crippen molar-refractivity contribution in [1.29, 1.82) is 0 Å². The van der Waals surface area contributed by atoms with Gasteiger partial charge in [0.1, 0.15) is 22.2 Å². The molecule has 2 aromatic heterocycles. The van der Waals surface area contributed by atoms with Gasteiger partial charge in [-0.25, -0.2) is 27.2 Å². The van der Waals surface area contributed by atoms with Crippen LogP contribution in [0.1, 0.15) is 6.42 Å². The first kappa shape index (κ1) is 29.0. The molecule has 41 heavy (non-hydrogen) atoms. The third-order valence-corrected chi connectivity index (χ3v) is 9.98. The Balaban J connectivity index is 1.39. The topological polar surface area (TPSA) is 156 Å². The molecule has 0 aliphatic carbocycles. The molecule has 1 aliphatic rings. The van der Waals surface area contributed by atoms with Gasteiger partial charge in [0.15, 0.2) is 0 Å². The standard InChI is InChI=1S/C26H30F2N6O5S2/c1-39-25-22(32-41(37,38)24-6-4-19(27)15-20(24)28)13-18(16-30-25)17-3-5-21-23(14-17)34(26(29)31-21)8-2-7-33-9-11-40(35,36)12-10-33/h3-6,13-16,32,35-36H,2,7-12H2,1H3,(H2,29,31). The minimum absolute atomic E-state index is 0.0278. The Morgan fingerprint density at radius 1 is 1.07 bits per heavy atom. The molecule has 0 spiro atoms. The van der Waals surface area contributed by atoms with E-state index < -0.39 is 37.1 Å². The average Bonchev–Trinajstić information content (AvgIpc) is 3.23. The van der Waals surface area contributed by atoms with Gasteiger partial charge in [0.05, 0.1) is 29.6 Å². The highest BCUT2D eigenvalue weighted by atomic mass is 32.3. The normalized spacial score (nSPS) is 16.5. The van der Waals surface area contributed by atoms with Gasteiger partial charge in [0, 0.05) is 37.5 Å². The Morgan fingerprint density at radius 3 is 2.54 bits per heavy atom. The molecule has 15 heteroatoms. The van der Waals surface area contributed by atoms with Crippen LogP contribution in [-0.4, -0.2) is 75.2 Å². The van der Waals surface area contributed by atoms with Crippen LogP contribution in [0.3, 0.4) is 0 Å². The number of pyridine rings is 1. The number of hydrogen-bond acceptors (Lipinski definition) is 9. The molecule has 2 aromatic carbocycles. The van der Waals surface area contributed by atoms with Crippen molar-refractivity contribution in [2.24, 2.45) is 0 Å². The second kappa shape index (κ2) is 11.4. The fourth-order valence-electron chi connectivity index (χ4n) is 4.74. The number of hydrogen-bond donors (Lipinski definition) is 4. The molecule has 1 fully saturated rings. The number of nitrogens with two attached hydrogens (primary N) is 1. The van der Waals surface area contributed by atoms with Crippen molar-refractivity contribution in [3.05, 3.63) is 60.3 Å². The van der Waals surface area contributed by atoms with Gasteiger partial charge in [-0.05, 0) is 48.9 Å². The first-order valence-electron chi connectivity index (χ1n) is 12.7. The maximum Gasteiger partial charge on any atom is 0.264 e. The lowest BCUT2D eigenvalue weighted by Gasteiger charge is -2.41. The zero-order chi connectivity index (χ0) is 29.4. The van der Waals surface area contributed by atoms with Gasteiger partial charge in [0.2, 0.25) is 11.8 Å². The van der Waals surface area contributed by atoms with Crippen LogP contribution in [0, 0.1) is 11.6 Å². The third kappa shape index (κ3) is 6.38. The maximum atomic E-state index is 14.2. The summed E-state index contributed by atoms with van der Waals surface area (Å²) in [6.45, 7) is 2.64. The Hall–Kier alpha value is -3.50. The summed E-state index contributed by atoms with van der Waals surface area (Å²) in [4.78, 5) is 10.1. The van der Waals surface area contributed by atoms with Crippen LogP contribution >= 0.6 is 10.6 Å². The monoisotopic (exact) mass is 608 g/mol. The van der Waals surface area contributed by atoms with Crippen LogP contribution in [0.15, 0.2) is 53.6 Å². The second-order valence-corrected chi connectivity index (χ2v) is 13.8. The summed E-state index contributed by atoms with van der Waals surface area (Å²) in [6, 6.07) is 9.17. The predicted octanol–water partition coefficient (Wildman–Crippen LogP) is 4.22. The number of imidazole rings is 1. The maximum absolute atomic E-state index is 14.2. The zero-order valence-electron chi connectivity index (χ0n) is 22.1. The van der Waals surface area contributed by atoms with E-state index in [1.165, 1.54) is 19.4 Å². The highest BCUT2D eigenvalue weighted by Gasteiger charge is 2.23. The van der Waals surface area contributed by atoms with Crippen molar-refractivity contribution in [1.82, 2.24) is 19.4 Å². The van der Waals surface area contributed by atoms with Gasteiger partial charge in [0.25, 0.3) is 10.0 Å². The fourth-order valence-corrected chi connectivity index (χ4v) is 7.15. The van der Waals surface area contributed by atoms with Crippen LogP contribution in [0.4, 0.5) is 20.4 Å². The highest BCUT2D eigenvalue weighted by molar-refractivity contribution is 8.24. The predicted molar refractivity (Wildman–Crippen MR) is 155 cm³/mol. The Kier molecular flexibility index (Phi) is 8.07. The number of aromatic nitrogens is 3. The van der Waals surface area contributed by atoms with E-state index in [4.69, 9.17) is 10.5 Å². The third-order valence-electron chi connectivity index (χ3n) is 6.91. The molecule has 1 saturated heterocycles. The molecular formula is C26H30F2N6O5S2. The van der Waals surface area contributed by atoms with Crippen molar-refractivity contribution in [3.63, 3.8) is 0 Å². The molecule has 220 valence electrons. The van der Waals surface area contributed by atoms with E-state index in [0.29, 0.717) is 59.8 Å². The van der Waals surface area contributed by atoms with Crippen molar-refractivity contribution < 1.29 is 31.0 Å². The number of nitrogens with one attached hydrogen (secondary N) is 1. The second-order valence-electron chi connectivity index (χ2n) is 9.69. The minimum Gasteiger partial charge on any atom is -0.480 e. The van der Waals surface area contributed by atoms with Crippen LogP contribution < -0.4 is 15.2 Å². The van der Waals surface area contributed by atoms with Gasteiger partial charge in [-0.15, -0.1) is 0 Å². The van der Waals surface area contributed by atoms with Crippen LogP contribution in [0.5, 0.6) is 5.88 Å². The largest absolute Gasteiger partial charge is 0.480 e. The van der Waals surface area contributed by atoms with Gasteiger partial charge in [-0.2, -0.15) is 10.6 Å². The number of anilines is 2. The van der Waals surface area contributed by atoms with Crippen LogP contribution in [0.25, 0.3) is 22.2 Å². The Morgan fingerprint density at radius 2 is 1.83 bits per heavy atom. The van der Waals surface area contributed by atoms with E-state index in [2.05, 4.69) is 19.6 Å². The number of nitrogens with zero attached hydrogens (tertiary/aromatic N) is 4. The molecule has 0 radical (unpaired) electrons. The molecule has 11 nitrogen and oxygen atoms in total. The summed E-state index contributed by atoms with van der Waals surface area (Å²) in [5, 5.41) is 0. The molecule has 0 saturated carbocycles. The zero-order valence-corrected chi connectivity index (χ0v) is 23.8. The number of rotatable bonds is 9. The van der Waals surface area contributed by atoms with E-state index >= 15 is 0 Å². The Bertz CT molecular complexity index is 1690. The smallest absolute Gasteiger partial charge is 0.264 e. The Labute approximate surface area is 237 Å². The summed E-state index contributed by atoms with van der Waals surface area (Å²) in [7, 11) is -5.55. The summed E-state index contributed by atoms with van der Waals surface area (Å²) < 4.78 is 82.4. The number of ether oxygens (including phenoxy) is 1. The summed E-state index contributed by atoms with van der Waals surface area (Å²) in [5.74, 6) is -1.03. The summed E-state index contributed by atoms with van der Waals surface area (Å²) in [6.07, 6.45) is 2.29. The molecule has 0 unspecified atom stereocenters. The minimum atomic E-state index is -4.43. The molecule has 1 aliphatic heterocycles. The van der Waals surface area contributed by atoms with E-state index in [-0.39, 0.29) is 11.6 Å². The van der Waals surface area contributed by atoms with Gasteiger partial charge in [-0.3, -0.25) is 13.8 Å². The van der Waals surface area contributed by atoms with E-state index in [1.54, 1.807) is 12.1 Å². The molecule has 0 amide bonds. The number of halogens is 2. The first-order chi connectivity index (χ1) is 19.5. The average molecular weight is 609 g/mol. The van der Waals surface area contributed by atoms with Crippen molar-refractivity contribution in [3.8, 4) is 17.0 Å². The lowest BCUT2D eigenvalue weighted by Crippen LogP contribution is -2.39. The fraction of sp³-hybridized carbons (Fsp3) is 0.308. The van der Waals surface area contributed by atoms with Crippen molar-refractivity contribution in [2.45, 2.75) is 17.9 Å². The SMILES string of the molecule is COc1ncc(-c2ccc3nc(N)n(CCCN4CCS(O)(O)CC4)c3c2)cc1NS(=O)(=O)c1ccc(F)cc1F. The number of benzene rings is 2. The lowest BCUT2D eigenvalue weighted by molar-refractivity contribution is 0.277. The van der Waals surface area contributed by atoms with Gasteiger partial charge < -0.3 is 19.9 Å². The molecule has 0 atom stereocenters. The quantitative estimate of drug-likeness (QED) is 0.218. The number of nitrogen functional groups attached to an aromatic ring is 1. The molecule has 5 N–H and O–H groups in total. The van der Waals surface area contributed by atoms with Gasteiger partial charge in [-0.1, -0.05) is 6.07 Å².